The zero-order valence-electron chi connectivity index (χ0n) is 20.8. The number of halogens is 1. The highest BCUT2D eigenvalue weighted by Crippen LogP contribution is 2.63. The van der Waals surface area contributed by atoms with Crippen molar-refractivity contribution in [2.24, 2.45) is 16.7 Å². The highest BCUT2D eigenvalue weighted by Gasteiger charge is 2.76. The van der Waals surface area contributed by atoms with E-state index in [0.29, 0.717) is 5.57 Å². The summed E-state index contributed by atoms with van der Waals surface area (Å²) in [5, 5.41) is 46.5. The molecule has 196 valence electrons. The van der Waals surface area contributed by atoms with Gasteiger partial charge in [0.05, 0.1) is 29.8 Å². The summed E-state index contributed by atoms with van der Waals surface area (Å²) in [6.45, 7) is 5.80. The van der Waals surface area contributed by atoms with Crippen molar-refractivity contribution in [2.45, 2.75) is 82.3 Å². The van der Waals surface area contributed by atoms with E-state index >= 15 is 4.39 Å². The molecule has 1 aromatic rings. The van der Waals surface area contributed by atoms with Crippen LogP contribution in [-0.2, 0) is 14.3 Å². The standard InChI is InChI=1S/C27H33FO8/c1-13-15(29)11-27(34)22(36-23(32)14-8-6-5-7-9-14)20-25(4,16(28)10-17-26(20,33)12-35-17)21(31)19(30)18(13)24(27,2)3/h5-9,15-17,19-20,22,29-30,33-34H,10-12H2,1-4H3/t15?,16?,17?,19?,20?,22?,25-,26+,27?/m1/s1. The molecule has 1 aromatic carbocycles. The van der Waals surface area contributed by atoms with Crippen molar-refractivity contribution in [2.75, 3.05) is 6.61 Å². The Balaban J connectivity index is 1.78. The van der Waals surface area contributed by atoms with Crippen LogP contribution in [0.25, 0.3) is 0 Å². The molecule has 8 nitrogen and oxygen atoms in total. The molecular weight excluding hydrogens is 471 g/mol. The highest BCUT2D eigenvalue weighted by molar-refractivity contribution is 5.94. The molecule has 1 heterocycles. The predicted molar refractivity (Wildman–Crippen MR) is 125 cm³/mol. The van der Waals surface area contributed by atoms with E-state index in [-0.39, 0.29) is 30.6 Å². The second-order valence-corrected chi connectivity index (χ2v) is 11.6. The first-order valence-corrected chi connectivity index (χ1v) is 12.3. The minimum Gasteiger partial charge on any atom is -0.455 e. The monoisotopic (exact) mass is 504 g/mol. The normalized spacial score (nSPS) is 45.5. The van der Waals surface area contributed by atoms with Crippen LogP contribution < -0.4 is 0 Å². The van der Waals surface area contributed by atoms with E-state index < -0.39 is 70.3 Å². The Bertz CT molecular complexity index is 1130. The van der Waals surface area contributed by atoms with Gasteiger partial charge in [-0.25, -0.2) is 9.18 Å². The zero-order chi connectivity index (χ0) is 26.4. The van der Waals surface area contributed by atoms with Crippen molar-refractivity contribution in [3.05, 3.63) is 47.0 Å². The predicted octanol–water partition coefficient (Wildman–Crippen LogP) is 1.49. The number of hydrogen-bond donors (Lipinski definition) is 4. The van der Waals surface area contributed by atoms with E-state index in [1.807, 2.05) is 0 Å². The van der Waals surface area contributed by atoms with Crippen LogP contribution in [0.2, 0.25) is 0 Å². The summed E-state index contributed by atoms with van der Waals surface area (Å²) < 4.78 is 27.4. The molecule has 0 amide bonds. The number of aliphatic hydroxyl groups is 4. The van der Waals surface area contributed by atoms with Crippen LogP contribution in [0.5, 0.6) is 0 Å². The second kappa shape index (κ2) is 7.91. The molecule has 7 unspecified atom stereocenters. The van der Waals surface area contributed by atoms with Gasteiger partial charge in [-0.05, 0) is 37.1 Å². The van der Waals surface area contributed by atoms with Gasteiger partial charge in [-0.3, -0.25) is 4.79 Å². The number of esters is 1. The number of hydrogen-bond acceptors (Lipinski definition) is 8. The molecule has 9 atom stereocenters. The lowest BCUT2D eigenvalue weighted by Crippen LogP contribution is -2.80. The van der Waals surface area contributed by atoms with E-state index in [9.17, 15) is 30.0 Å². The Morgan fingerprint density at radius 3 is 2.36 bits per heavy atom. The summed E-state index contributed by atoms with van der Waals surface area (Å²) in [6.07, 6.45) is -8.16. The summed E-state index contributed by atoms with van der Waals surface area (Å²) in [5.74, 6) is -3.18. The molecule has 9 heteroatoms. The number of benzene rings is 1. The number of ketones is 1. The van der Waals surface area contributed by atoms with Gasteiger partial charge in [0.15, 0.2) is 5.78 Å². The SMILES string of the molecule is CC1=C2C(O)C(=O)[C@]3(C)C(F)CC4OC[C@@]4(O)C3C(OC(=O)c3ccccc3)C(O)(CC1O)C2(C)C. The summed E-state index contributed by atoms with van der Waals surface area (Å²) in [5.41, 5.74) is -6.76. The fourth-order valence-corrected chi connectivity index (χ4v) is 7.23. The molecule has 3 fully saturated rings. The Labute approximate surface area is 208 Å². The number of carbonyl (C=O) groups is 2. The molecule has 2 bridgehead atoms. The van der Waals surface area contributed by atoms with Gasteiger partial charge >= 0.3 is 5.97 Å². The Kier molecular flexibility index (Phi) is 5.60. The van der Waals surface area contributed by atoms with Crippen LogP contribution in [0.1, 0.15) is 50.9 Å². The number of aliphatic hydroxyl groups excluding tert-OH is 2. The Morgan fingerprint density at radius 1 is 1.14 bits per heavy atom. The summed E-state index contributed by atoms with van der Waals surface area (Å²) in [6, 6.07) is 8.01. The highest BCUT2D eigenvalue weighted by atomic mass is 19.1. The number of alkyl halides is 1. The zero-order valence-corrected chi connectivity index (χ0v) is 20.8. The van der Waals surface area contributed by atoms with Gasteiger partial charge < -0.3 is 29.9 Å². The first-order chi connectivity index (χ1) is 16.7. The van der Waals surface area contributed by atoms with E-state index in [4.69, 9.17) is 9.47 Å². The molecule has 0 spiro atoms. The van der Waals surface area contributed by atoms with Crippen molar-refractivity contribution in [3.8, 4) is 0 Å². The smallest absolute Gasteiger partial charge is 0.338 e. The van der Waals surface area contributed by atoms with Crippen LogP contribution in [0, 0.1) is 16.7 Å². The van der Waals surface area contributed by atoms with Crippen LogP contribution in [0.4, 0.5) is 4.39 Å². The van der Waals surface area contributed by atoms with Gasteiger partial charge in [-0.15, -0.1) is 0 Å². The summed E-state index contributed by atoms with van der Waals surface area (Å²) in [7, 11) is 0. The molecule has 4 aliphatic rings. The van der Waals surface area contributed by atoms with Gasteiger partial charge in [-0.1, -0.05) is 32.0 Å². The third kappa shape index (κ3) is 3.04. The molecule has 4 N–H and O–H groups in total. The Hall–Kier alpha value is -2.17. The quantitative estimate of drug-likeness (QED) is 0.352. The largest absolute Gasteiger partial charge is 0.455 e. The third-order valence-corrected chi connectivity index (χ3v) is 9.58. The molecule has 1 aliphatic heterocycles. The van der Waals surface area contributed by atoms with Gasteiger partial charge in [0, 0.05) is 24.2 Å². The van der Waals surface area contributed by atoms with E-state index in [2.05, 4.69) is 0 Å². The van der Waals surface area contributed by atoms with E-state index in [1.165, 1.54) is 19.1 Å². The molecular formula is C27H33FO8. The number of carbonyl (C=O) groups excluding carboxylic acids is 2. The molecule has 36 heavy (non-hydrogen) atoms. The van der Waals surface area contributed by atoms with Crippen molar-refractivity contribution >= 4 is 11.8 Å². The first-order valence-electron chi connectivity index (χ1n) is 12.3. The fourth-order valence-electron chi connectivity index (χ4n) is 7.23. The van der Waals surface area contributed by atoms with Crippen LogP contribution in [0.15, 0.2) is 41.5 Å². The maximum atomic E-state index is 16.0. The lowest BCUT2D eigenvalue weighted by molar-refractivity contribution is -0.338. The number of ether oxygens (including phenoxy) is 2. The van der Waals surface area contributed by atoms with Crippen molar-refractivity contribution in [3.63, 3.8) is 0 Å². The van der Waals surface area contributed by atoms with Gasteiger partial charge in [-0.2, -0.15) is 0 Å². The summed E-state index contributed by atoms with van der Waals surface area (Å²) >= 11 is 0. The lowest BCUT2D eigenvalue weighted by Gasteiger charge is -2.66. The third-order valence-electron chi connectivity index (χ3n) is 9.58. The topological polar surface area (TPSA) is 134 Å². The van der Waals surface area contributed by atoms with Gasteiger partial charge in [0.2, 0.25) is 0 Å². The minimum atomic E-state index is -2.08. The van der Waals surface area contributed by atoms with Crippen LogP contribution >= 0.6 is 0 Å². The summed E-state index contributed by atoms with van der Waals surface area (Å²) in [4.78, 5) is 27.3. The van der Waals surface area contributed by atoms with Crippen LogP contribution in [0.3, 0.4) is 0 Å². The van der Waals surface area contributed by atoms with Crippen LogP contribution in [-0.4, -0.2) is 80.6 Å². The Morgan fingerprint density at radius 2 is 1.78 bits per heavy atom. The maximum Gasteiger partial charge on any atom is 0.338 e. The van der Waals surface area contributed by atoms with E-state index in [0.717, 1.165) is 0 Å². The van der Waals surface area contributed by atoms with Gasteiger partial charge in [0.25, 0.3) is 0 Å². The average molecular weight is 505 g/mol. The number of rotatable bonds is 2. The lowest BCUT2D eigenvalue weighted by atomic mass is 9.45. The van der Waals surface area contributed by atoms with Crippen molar-refractivity contribution in [1.82, 2.24) is 0 Å². The maximum absolute atomic E-state index is 16.0. The minimum absolute atomic E-state index is 0.0698. The molecule has 3 aliphatic carbocycles. The van der Waals surface area contributed by atoms with E-state index in [1.54, 1.807) is 39.0 Å². The number of Topliss-reactive ketones (excluding diaryl/α,β-unsaturated/α-hetero) is 1. The average Bonchev–Trinajstić information content (AvgIpc) is 2.83. The first kappa shape index (κ1) is 25.5. The molecule has 1 saturated heterocycles. The van der Waals surface area contributed by atoms with Crippen molar-refractivity contribution < 1.29 is 43.9 Å². The fraction of sp³-hybridized carbons (Fsp3) is 0.630. The van der Waals surface area contributed by atoms with Gasteiger partial charge in [0.1, 0.15) is 29.6 Å². The molecule has 5 rings (SSSR count). The molecule has 0 radical (unpaired) electrons. The second-order valence-electron chi connectivity index (χ2n) is 11.6. The van der Waals surface area contributed by atoms with Crippen molar-refractivity contribution in [1.29, 1.82) is 0 Å². The molecule has 0 aromatic heterocycles. The molecule has 2 saturated carbocycles. The number of fused-ring (bicyclic) bond motifs is 5.